The maximum absolute atomic E-state index is 6.41. The minimum absolute atomic E-state index is 0.0233. The van der Waals surface area contributed by atoms with Gasteiger partial charge >= 0.3 is 0 Å². The number of nitrogens with two attached hydrogens (primary N) is 1. The highest BCUT2D eigenvalue weighted by Crippen LogP contribution is 2.32. The molecule has 0 saturated carbocycles. The molecule has 1 heterocycles. The minimum Gasteiger partial charge on any atom is -0.324 e. The zero-order valence-electron chi connectivity index (χ0n) is 14.5. The zero-order valence-corrected chi connectivity index (χ0v) is 14.5. The molecule has 1 fully saturated rings. The number of nitrogens with zero attached hydrogens (tertiary/aromatic N) is 1. The maximum atomic E-state index is 6.41. The van der Waals surface area contributed by atoms with Crippen LogP contribution in [0, 0.1) is 0 Å². The van der Waals surface area contributed by atoms with Crippen LogP contribution < -0.4 is 5.73 Å². The first-order valence-corrected chi connectivity index (χ1v) is 8.97. The normalized spacial score (nSPS) is 27.4. The van der Waals surface area contributed by atoms with E-state index in [-0.39, 0.29) is 5.54 Å². The van der Waals surface area contributed by atoms with Crippen molar-refractivity contribution < 1.29 is 0 Å². The van der Waals surface area contributed by atoms with Crippen molar-refractivity contribution in [3.05, 3.63) is 0 Å². The van der Waals surface area contributed by atoms with Gasteiger partial charge in [0.15, 0.2) is 0 Å². The van der Waals surface area contributed by atoms with Crippen LogP contribution in [0.1, 0.15) is 91.9 Å². The van der Waals surface area contributed by atoms with E-state index in [0.717, 1.165) is 6.54 Å². The van der Waals surface area contributed by atoms with Crippen molar-refractivity contribution in [1.82, 2.24) is 4.90 Å². The van der Waals surface area contributed by atoms with Crippen LogP contribution in [-0.2, 0) is 0 Å². The molecular formula is C18H38N2. The Kier molecular flexibility index (Phi) is 7.53. The Morgan fingerprint density at radius 1 is 1.05 bits per heavy atom. The van der Waals surface area contributed by atoms with Gasteiger partial charge in [-0.05, 0) is 46.1 Å². The molecule has 2 unspecified atom stereocenters. The van der Waals surface area contributed by atoms with Crippen LogP contribution in [-0.4, -0.2) is 29.1 Å². The molecule has 2 nitrogen and oxygen atoms in total. The average molecular weight is 283 g/mol. The molecule has 0 radical (unpaired) electrons. The fourth-order valence-electron chi connectivity index (χ4n) is 3.82. The third-order valence-corrected chi connectivity index (χ3v) is 5.10. The van der Waals surface area contributed by atoms with E-state index in [2.05, 4.69) is 32.6 Å². The molecule has 120 valence electrons. The zero-order chi connectivity index (χ0) is 15.1. The number of likely N-dealkylation sites (tertiary alicyclic amines) is 1. The van der Waals surface area contributed by atoms with Crippen molar-refractivity contribution in [3.8, 4) is 0 Å². The van der Waals surface area contributed by atoms with E-state index >= 15 is 0 Å². The molecule has 2 heteroatoms. The van der Waals surface area contributed by atoms with E-state index in [0.29, 0.717) is 5.54 Å². The summed E-state index contributed by atoms with van der Waals surface area (Å²) in [6.45, 7) is 11.7. The van der Waals surface area contributed by atoms with Crippen molar-refractivity contribution in [2.75, 3.05) is 13.1 Å². The summed E-state index contributed by atoms with van der Waals surface area (Å²) < 4.78 is 0. The molecule has 1 aliphatic heterocycles. The molecule has 0 bridgehead atoms. The van der Waals surface area contributed by atoms with Gasteiger partial charge < -0.3 is 5.73 Å². The molecule has 1 saturated heterocycles. The van der Waals surface area contributed by atoms with E-state index in [1.54, 1.807) is 0 Å². The second-order valence-electron chi connectivity index (χ2n) is 7.59. The highest BCUT2D eigenvalue weighted by molar-refractivity contribution is 4.95. The molecule has 20 heavy (non-hydrogen) atoms. The summed E-state index contributed by atoms with van der Waals surface area (Å²) in [5.41, 5.74) is 6.81. The van der Waals surface area contributed by atoms with Crippen LogP contribution in [0.4, 0.5) is 0 Å². The second-order valence-corrected chi connectivity index (χ2v) is 7.59. The number of unbranched alkanes of at least 4 members (excludes halogenated alkanes) is 4. The Morgan fingerprint density at radius 3 is 2.35 bits per heavy atom. The summed E-state index contributed by atoms with van der Waals surface area (Å²) in [6, 6.07) is 0. The molecule has 0 aromatic rings. The third kappa shape index (κ3) is 5.73. The smallest absolute Gasteiger partial charge is 0.0255 e. The van der Waals surface area contributed by atoms with Crippen molar-refractivity contribution in [3.63, 3.8) is 0 Å². The lowest BCUT2D eigenvalue weighted by molar-refractivity contribution is 0.0334. The Labute approximate surface area is 127 Å². The number of hydrogen-bond donors (Lipinski definition) is 1. The molecule has 1 rings (SSSR count). The Hall–Kier alpha value is -0.0800. The lowest BCUT2D eigenvalue weighted by atomic mass is 9.82. The molecular weight excluding hydrogens is 244 g/mol. The lowest BCUT2D eigenvalue weighted by Gasteiger charge is -2.48. The van der Waals surface area contributed by atoms with Gasteiger partial charge in [-0.25, -0.2) is 0 Å². The van der Waals surface area contributed by atoms with Crippen LogP contribution in [0.3, 0.4) is 0 Å². The highest BCUT2D eigenvalue weighted by atomic mass is 15.2. The summed E-state index contributed by atoms with van der Waals surface area (Å²) in [6.07, 6.45) is 13.3. The van der Waals surface area contributed by atoms with Gasteiger partial charge in [-0.1, -0.05) is 52.4 Å². The lowest BCUT2D eigenvalue weighted by Crippen LogP contribution is -2.59. The topological polar surface area (TPSA) is 29.3 Å². The predicted octanol–water partition coefficient (Wildman–Crippen LogP) is 4.72. The van der Waals surface area contributed by atoms with E-state index < -0.39 is 0 Å². The summed E-state index contributed by atoms with van der Waals surface area (Å²) in [7, 11) is 0. The van der Waals surface area contributed by atoms with Crippen molar-refractivity contribution in [2.24, 2.45) is 5.73 Å². The summed E-state index contributed by atoms with van der Waals surface area (Å²) >= 11 is 0. The van der Waals surface area contributed by atoms with Crippen molar-refractivity contribution >= 4 is 0 Å². The van der Waals surface area contributed by atoms with E-state index in [4.69, 9.17) is 5.73 Å². The van der Waals surface area contributed by atoms with Gasteiger partial charge in [-0.2, -0.15) is 0 Å². The monoisotopic (exact) mass is 282 g/mol. The highest BCUT2D eigenvalue weighted by Gasteiger charge is 2.36. The molecule has 0 aromatic heterocycles. The molecule has 0 aliphatic carbocycles. The molecule has 2 atom stereocenters. The molecule has 2 N–H and O–H groups in total. The fourth-order valence-corrected chi connectivity index (χ4v) is 3.82. The first-order valence-electron chi connectivity index (χ1n) is 8.97. The van der Waals surface area contributed by atoms with Crippen LogP contribution in [0.25, 0.3) is 0 Å². The molecule has 0 aromatic carbocycles. The van der Waals surface area contributed by atoms with Gasteiger partial charge in [0.05, 0.1) is 0 Å². The summed E-state index contributed by atoms with van der Waals surface area (Å²) in [5.74, 6) is 0. The standard InChI is InChI=1S/C18H38N2/c1-5-7-8-9-10-14-18(4,12-6-2)20-15-11-13-17(3,19)16-20/h5-16,19H2,1-4H3. The summed E-state index contributed by atoms with van der Waals surface area (Å²) in [5, 5.41) is 0. The van der Waals surface area contributed by atoms with Crippen LogP contribution in [0.5, 0.6) is 0 Å². The largest absolute Gasteiger partial charge is 0.324 e. The SMILES string of the molecule is CCCCCCCC(C)(CCC)N1CCCC(C)(N)C1. The molecule has 0 spiro atoms. The number of rotatable bonds is 9. The van der Waals surface area contributed by atoms with E-state index in [1.807, 2.05) is 0 Å². The van der Waals surface area contributed by atoms with E-state index in [1.165, 1.54) is 70.8 Å². The first kappa shape index (κ1) is 18.0. The molecule has 0 amide bonds. The first-order chi connectivity index (χ1) is 9.43. The second kappa shape index (κ2) is 8.38. The van der Waals surface area contributed by atoms with Crippen LogP contribution in [0.2, 0.25) is 0 Å². The van der Waals surface area contributed by atoms with Crippen molar-refractivity contribution in [2.45, 2.75) is 103 Å². The number of hydrogen-bond acceptors (Lipinski definition) is 2. The van der Waals surface area contributed by atoms with Gasteiger partial charge in [0.2, 0.25) is 0 Å². The summed E-state index contributed by atoms with van der Waals surface area (Å²) in [4.78, 5) is 2.71. The van der Waals surface area contributed by atoms with Gasteiger partial charge in [0.25, 0.3) is 0 Å². The third-order valence-electron chi connectivity index (χ3n) is 5.10. The van der Waals surface area contributed by atoms with Crippen LogP contribution >= 0.6 is 0 Å². The van der Waals surface area contributed by atoms with E-state index in [9.17, 15) is 0 Å². The predicted molar refractivity (Wildman–Crippen MR) is 90.1 cm³/mol. The average Bonchev–Trinajstić information content (AvgIpc) is 2.37. The van der Waals surface area contributed by atoms with Crippen molar-refractivity contribution in [1.29, 1.82) is 0 Å². The maximum Gasteiger partial charge on any atom is 0.0255 e. The van der Waals surface area contributed by atoms with Gasteiger partial charge in [0, 0.05) is 17.6 Å². The Morgan fingerprint density at radius 2 is 1.75 bits per heavy atom. The molecule has 1 aliphatic rings. The van der Waals surface area contributed by atoms with Crippen LogP contribution in [0.15, 0.2) is 0 Å². The minimum atomic E-state index is 0.0233. The van der Waals surface area contributed by atoms with Gasteiger partial charge in [-0.15, -0.1) is 0 Å². The van der Waals surface area contributed by atoms with Gasteiger partial charge in [0.1, 0.15) is 0 Å². The Bertz CT molecular complexity index is 262. The fraction of sp³-hybridized carbons (Fsp3) is 1.00. The number of piperidine rings is 1. The quantitative estimate of drug-likeness (QED) is 0.620. The Balaban J connectivity index is 2.51. The van der Waals surface area contributed by atoms with Gasteiger partial charge in [-0.3, -0.25) is 4.90 Å².